The van der Waals surface area contributed by atoms with Crippen molar-refractivity contribution in [3.8, 4) is 0 Å². The van der Waals surface area contributed by atoms with Crippen LogP contribution in [0, 0.1) is 6.92 Å². The molecule has 2 N–H and O–H groups in total. The van der Waals surface area contributed by atoms with Gasteiger partial charge < -0.3 is 15.2 Å². The van der Waals surface area contributed by atoms with Gasteiger partial charge in [0.15, 0.2) is 0 Å². The van der Waals surface area contributed by atoms with Crippen LogP contribution in [0.25, 0.3) is 0 Å². The summed E-state index contributed by atoms with van der Waals surface area (Å²) in [5, 5.41) is 16.1. The Labute approximate surface area is 110 Å². The Kier molecular flexibility index (Phi) is 3.57. The molecule has 2 heterocycles. The number of nitrogens with one attached hydrogen (secondary N) is 1. The van der Waals surface area contributed by atoms with E-state index >= 15 is 0 Å². The zero-order chi connectivity index (χ0) is 14.0. The molecule has 1 amide bonds. The molecular formula is C12H17N3O4. The third-order valence-corrected chi connectivity index (χ3v) is 3.34. The predicted octanol–water partition coefficient (Wildman–Crippen LogP) is 0.0921. The topological polar surface area (TPSA) is 93.5 Å². The molecule has 104 valence electrons. The number of carboxylic acids is 1. The number of rotatable bonds is 3. The molecule has 19 heavy (non-hydrogen) atoms. The van der Waals surface area contributed by atoms with E-state index in [0.29, 0.717) is 24.6 Å². The Morgan fingerprint density at radius 2 is 2.11 bits per heavy atom. The molecule has 0 radical (unpaired) electrons. The lowest BCUT2D eigenvalue weighted by atomic mass is 9.90. The number of nitrogens with zero attached hydrogens (tertiary/aromatic N) is 2. The molecule has 1 fully saturated rings. The van der Waals surface area contributed by atoms with Gasteiger partial charge in [-0.25, -0.2) is 4.79 Å². The van der Waals surface area contributed by atoms with Gasteiger partial charge in [-0.15, -0.1) is 0 Å². The summed E-state index contributed by atoms with van der Waals surface area (Å²) >= 11 is 0. The molecule has 1 saturated heterocycles. The van der Waals surface area contributed by atoms with Crippen LogP contribution in [0.1, 0.15) is 29.0 Å². The van der Waals surface area contributed by atoms with Crippen LogP contribution in [-0.2, 0) is 16.6 Å². The standard InChI is InChI=1S/C12H17N3O4/c1-8-7-9(15(2)14-8)10(16)13-12(11(17)18)3-5-19-6-4-12/h7H,3-6H2,1-2H3,(H,13,16)(H,17,18). The molecule has 0 unspecified atom stereocenters. The van der Waals surface area contributed by atoms with E-state index in [1.165, 1.54) is 4.68 Å². The van der Waals surface area contributed by atoms with Crippen molar-refractivity contribution in [3.63, 3.8) is 0 Å². The van der Waals surface area contributed by atoms with Crippen molar-refractivity contribution in [3.05, 3.63) is 17.5 Å². The van der Waals surface area contributed by atoms with Gasteiger partial charge in [0.2, 0.25) is 0 Å². The zero-order valence-electron chi connectivity index (χ0n) is 11.0. The third kappa shape index (κ3) is 2.60. The lowest BCUT2D eigenvalue weighted by Gasteiger charge is -2.33. The minimum absolute atomic E-state index is 0.269. The van der Waals surface area contributed by atoms with Crippen LogP contribution >= 0.6 is 0 Å². The van der Waals surface area contributed by atoms with E-state index in [1.807, 2.05) is 0 Å². The van der Waals surface area contributed by atoms with Gasteiger partial charge in [-0.1, -0.05) is 0 Å². The van der Waals surface area contributed by atoms with E-state index in [2.05, 4.69) is 10.4 Å². The highest BCUT2D eigenvalue weighted by molar-refractivity contribution is 5.96. The van der Waals surface area contributed by atoms with Gasteiger partial charge in [-0.3, -0.25) is 9.48 Å². The molecule has 1 aromatic rings. The van der Waals surface area contributed by atoms with Crippen LogP contribution in [0.3, 0.4) is 0 Å². The zero-order valence-corrected chi connectivity index (χ0v) is 11.0. The number of ether oxygens (including phenoxy) is 1. The fourth-order valence-corrected chi connectivity index (χ4v) is 2.22. The molecule has 0 saturated carbocycles. The number of hydrogen-bond acceptors (Lipinski definition) is 4. The second-order valence-electron chi connectivity index (χ2n) is 4.75. The number of aromatic nitrogens is 2. The van der Waals surface area contributed by atoms with Crippen molar-refractivity contribution in [2.75, 3.05) is 13.2 Å². The minimum Gasteiger partial charge on any atom is -0.480 e. The van der Waals surface area contributed by atoms with E-state index in [0.717, 1.165) is 0 Å². The minimum atomic E-state index is -1.24. The summed E-state index contributed by atoms with van der Waals surface area (Å²) in [6.45, 7) is 2.44. The maximum Gasteiger partial charge on any atom is 0.329 e. The van der Waals surface area contributed by atoms with Gasteiger partial charge in [0.05, 0.1) is 5.69 Å². The van der Waals surface area contributed by atoms with Crippen LogP contribution in [-0.4, -0.2) is 45.5 Å². The molecule has 1 aliphatic rings. The second kappa shape index (κ2) is 5.00. The van der Waals surface area contributed by atoms with Crippen LogP contribution in [0.5, 0.6) is 0 Å². The molecule has 1 aromatic heterocycles. The van der Waals surface area contributed by atoms with Gasteiger partial charge in [-0.2, -0.15) is 5.10 Å². The molecule has 0 bridgehead atoms. The van der Waals surface area contributed by atoms with Gasteiger partial charge in [0.1, 0.15) is 11.2 Å². The first kappa shape index (κ1) is 13.5. The first-order valence-electron chi connectivity index (χ1n) is 6.09. The molecule has 2 rings (SSSR count). The Hall–Kier alpha value is -1.89. The number of carboxylic acid groups (broad SMARTS) is 1. The van der Waals surface area contributed by atoms with Crippen molar-refractivity contribution in [1.82, 2.24) is 15.1 Å². The molecule has 0 aliphatic carbocycles. The van der Waals surface area contributed by atoms with E-state index in [1.54, 1.807) is 20.0 Å². The van der Waals surface area contributed by atoms with Crippen LogP contribution in [0.15, 0.2) is 6.07 Å². The normalized spacial score (nSPS) is 18.0. The monoisotopic (exact) mass is 267 g/mol. The summed E-state index contributed by atoms with van der Waals surface area (Å²) in [4.78, 5) is 23.6. The molecule has 1 aliphatic heterocycles. The fourth-order valence-electron chi connectivity index (χ4n) is 2.22. The maximum atomic E-state index is 12.2. The maximum absolute atomic E-state index is 12.2. The number of aryl methyl sites for hydroxylation is 2. The molecule has 7 nitrogen and oxygen atoms in total. The Morgan fingerprint density at radius 3 is 2.58 bits per heavy atom. The largest absolute Gasteiger partial charge is 0.480 e. The van der Waals surface area contributed by atoms with Crippen molar-refractivity contribution >= 4 is 11.9 Å². The molecule has 0 spiro atoms. The van der Waals surface area contributed by atoms with Gasteiger partial charge >= 0.3 is 5.97 Å². The first-order valence-corrected chi connectivity index (χ1v) is 6.09. The lowest BCUT2D eigenvalue weighted by Crippen LogP contribution is -2.57. The summed E-state index contributed by atoms with van der Waals surface area (Å²) in [7, 11) is 1.65. The van der Waals surface area contributed by atoms with E-state index in [-0.39, 0.29) is 12.8 Å². The average molecular weight is 267 g/mol. The molecule has 7 heteroatoms. The van der Waals surface area contributed by atoms with Crippen molar-refractivity contribution in [2.24, 2.45) is 7.05 Å². The lowest BCUT2D eigenvalue weighted by molar-refractivity contribution is -0.148. The summed E-state index contributed by atoms with van der Waals surface area (Å²) < 4.78 is 6.60. The van der Waals surface area contributed by atoms with Gasteiger partial charge in [0.25, 0.3) is 5.91 Å². The predicted molar refractivity (Wildman–Crippen MR) is 65.8 cm³/mol. The van der Waals surface area contributed by atoms with Crippen LogP contribution in [0.2, 0.25) is 0 Å². The summed E-state index contributed by atoms with van der Waals surface area (Å²) in [6, 6.07) is 1.63. The summed E-state index contributed by atoms with van der Waals surface area (Å²) in [6.07, 6.45) is 0.538. The Bertz CT molecular complexity index is 503. The molecule has 0 atom stereocenters. The van der Waals surface area contributed by atoms with E-state index in [4.69, 9.17) is 4.74 Å². The van der Waals surface area contributed by atoms with Gasteiger partial charge in [0, 0.05) is 33.1 Å². The first-order chi connectivity index (χ1) is 8.94. The number of carbonyl (C=O) groups is 2. The van der Waals surface area contributed by atoms with E-state index in [9.17, 15) is 14.7 Å². The van der Waals surface area contributed by atoms with E-state index < -0.39 is 17.4 Å². The van der Waals surface area contributed by atoms with Gasteiger partial charge in [-0.05, 0) is 13.0 Å². The van der Waals surface area contributed by atoms with Crippen molar-refractivity contribution in [1.29, 1.82) is 0 Å². The summed E-state index contributed by atoms with van der Waals surface area (Å²) in [5.41, 5.74) is -0.179. The highest BCUT2D eigenvalue weighted by atomic mass is 16.5. The smallest absolute Gasteiger partial charge is 0.329 e. The highest BCUT2D eigenvalue weighted by Gasteiger charge is 2.42. The third-order valence-electron chi connectivity index (χ3n) is 3.34. The Morgan fingerprint density at radius 1 is 1.47 bits per heavy atom. The number of aliphatic carboxylic acids is 1. The molecule has 0 aromatic carbocycles. The average Bonchev–Trinajstić information content (AvgIpc) is 2.69. The van der Waals surface area contributed by atoms with Crippen molar-refractivity contribution < 1.29 is 19.4 Å². The number of carbonyl (C=O) groups excluding carboxylic acids is 1. The highest BCUT2D eigenvalue weighted by Crippen LogP contribution is 2.21. The Balaban J connectivity index is 2.20. The summed E-state index contributed by atoms with van der Waals surface area (Å²) in [5.74, 6) is -1.45. The quantitative estimate of drug-likeness (QED) is 0.809. The fraction of sp³-hybridized carbons (Fsp3) is 0.583. The van der Waals surface area contributed by atoms with Crippen molar-refractivity contribution in [2.45, 2.75) is 25.3 Å². The number of hydrogen-bond donors (Lipinski definition) is 2. The second-order valence-corrected chi connectivity index (χ2v) is 4.75. The SMILES string of the molecule is Cc1cc(C(=O)NC2(C(=O)O)CCOCC2)n(C)n1. The molecular weight excluding hydrogens is 250 g/mol. The van der Waals surface area contributed by atoms with Crippen LogP contribution < -0.4 is 5.32 Å². The number of amides is 1. The van der Waals surface area contributed by atoms with Crippen LogP contribution in [0.4, 0.5) is 0 Å².